The maximum absolute atomic E-state index is 5.93. The fourth-order valence-corrected chi connectivity index (χ4v) is 6.46. The molecule has 0 aromatic heterocycles. The van der Waals surface area contributed by atoms with Crippen LogP contribution in [-0.4, -0.2) is 9.97 Å². The highest BCUT2D eigenvalue weighted by molar-refractivity contribution is 14.1. The molecule has 13 heavy (non-hydrogen) atoms. The monoisotopic (exact) mass is 291 g/mol. The van der Waals surface area contributed by atoms with Crippen molar-refractivity contribution in [1.82, 2.24) is 0 Å². The molecule has 4 rings (SSSR count). The molecule has 1 nitrogen and oxygen atoms in total. The summed E-state index contributed by atoms with van der Waals surface area (Å²) in [5, 5.41) is 0. The van der Waals surface area contributed by atoms with Crippen LogP contribution in [0, 0.1) is 23.7 Å². The first-order chi connectivity index (χ1) is 6.21. The number of hydrogen-bond donors (Lipinski definition) is 1. The van der Waals surface area contributed by atoms with Crippen LogP contribution in [0.1, 0.15) is 32.1 Å². The number of nitrogens with two attached hydrogens (primary N) is 1. The van der Waals surface area contributed by atoms with Gasteiger partial charge in [-0.05, 0) is 62.3 Å². The lowest BCUT2D eigenvalue weighted by Gasteiger charge is -2.59. The Morgan fingerprint density at radius 2 is 1.77 bits per heavy atom. The van der Waals surface area contributed by atoms with Crippen molar-refractivity contribution < 1.29 is 0 Å². The van der Waals surface area contributed by atoms with Gasteiger partial charge in [0, 0.05) is 3.42 Å². The summed E-state index contributed by atoms with van der Waals surface area (Å²) in [5.41, 5.74) is 5.93. The summed E-state index contributed by atoms with van der Waals surface area (Å²) in [7, 11) is 0. The van der Waals surface area contributed by atoms with Crippen molar-refractivity contribution in [1.29, 1.82) is 0 Å². The van der Waals surface area contributed by atoms with Gasteiger partial charge in [-0.2, -0.15) is 0 Å². The van der Waals surface area contributed by atoms with Gasteiger partial charge in [0.15, 0.2) is 0 Å². The van der Waals surface area contributed by atoms with E-state index in [0.717, 1.165) is 30.2 Å². The van der Waals surface area contributed by atoms with Gasteiger partial charge in [-0.15, -0.1) is 0 Å². The van der Waals surface area contributed by atoms with E-state index in [1.807, 2.05) is 0 Å². The lowest BCUT2D eigenvalue weighted by Crippen LogP contribution is -2.55. The second-order valence-corrected chi connectivity index (χ2v) is 7.63. The Balaban J connectivity index is 1.93. The first kappa shape index (κ1) is 8.96. The molecule has 4 saturated carbocycles. The van der Waals surface area contributed by atoms with Crippen molar-refractivity contribution in [2.24, 2.45) is 29.4 Å². The standard InChI is InChI=1S/C11H18IN/c12-11-4-7-1-8(5-11)3-9(2-7)10(11)6-13/h7-10H,1-6,13H2. The average Bonchev–Trinajstić information content (AvgIpc) is 2.00. The first-order valence-corrected chi connectivity index (χ1v) is 6.68. The Hall–Kier alpha value is 0.690. The SMILES string of the molecule is NCC1C2CC3CC(C2)CC1(I)C3. The third-order valence-corrected chi connectivity index (χ3v) is 6.36. The van der Waals surface area contributed by atoms with Gasteiger partial charge in [0.1, 0.15) is 0 Å². The van der Waals surface area contributed by atoms with Gasteiger partial charge in [-0.25, -0.2) is 0 Å². The Kier molecular flexibility index (Phi) is 1.96. The highest BCUT2D eigenvalue weighted by Crippen LogP contribution is 2.61. The summed E-state index contributed by atoms with van der Waals surface area (Å²) in [4.78, 5) is 0. The van der Waals surface area contributed by atoms with E-state index in [1.165, 1.54) is 25.7 Å². The summed E-state index contributed by atoms with van der Waals surface area (Å²) in [6.07, 6.45) is 7.50. The van der Waals surface area contributed by atoms with Crippen molar-refractivity contribution in [3.63, 3.8) is 0 Å². The Labute approximate surface area is 94.0 Å². The largest absolute Gasteiger partial charge is 0.330 e. The second-order valence-electron chi connectivity index (χ2n) is 5.48. The molecule has 0 amide bonds. The quantitative estimate of drug-likeness (QED) is 0.583. The number of rotatable bonds is 1. The van der Waals surface area contributed by atoms with Crippen molar-refractivity contribution in [3.05, 3.63) is 0 Å². The Morgan fingerprint density at radius 3 is 2.23 bits per heavy atom. The predicted octanol–water partition coefficient (Wildman–Crippen LogP) is 2.58. The molecule has 3 unspecified atom stereocenters. The molecule has 4 aliphatic rings. The van der Waals surface area contributed by atoms with Crippen LogP contribution in [0.5, 0.6) is 0 Å². The van der Waals surface area contributed by atoms with E-state index in [2.05, 4.69) is 22.6 Å². The molecule has 4 aliphatic carbocycles. The molecule has 74 valence electrons. The maximum Gasteiger partial charge on any atom is 0.0270 e. The molecular formula is C11H18IN. The molecule has 3 atom stereocenters. The van der Waals surface area contributed by atoms with Crippen molar-refractivity contribution >= 4 is 22.6 Å². The minimum Gasteiger partial charge on any atom is -0.330 e. The zero-order valence-corrected chi connectivity index (χ0v) is 10.2. The van der Waals surface area contributed by atoms with Gasteiger partial charge in [0.25, 0.3) is 0 Å². The summed E-state index contributed by atoms with van der Waals surface area (Å²) in [6.45, 7) is 0.938. The van der Waals surface area contributed by atoms with E-state index in [-0.39, 0.29) is 0 Å². The highest BCUT2D eigenvalue weighted by Gasteiger charge is 2.54. The summed E-state index contributed by atoms with van der Waals surface area (Å²) >= 11 is 2.75. The predicted molar refractivity (Wildman–Crippen MR) is 62.9 cm³/mol. The van der Waals surface area contributed by atoms with Crippen LogP contribution in [0.15, 0.2) is 0 Å². The van der Waals surface area contributed by atoms with Gasteiger partial charge < -0.3 is 5.73 Å². The van der Waals surface area contributed by atoms with Gasteiger partial charge in [-0.3, -0.25) is 0 Å². The van der Waals surface area contributed by atoms with Gasteiger partial charge in [0.2, 0.25) is 0 Å². The minimum absolute atomic E-state index is 0.612. The van der Waals surface area contributed by atoms with E-state index in [0.29, 0.717) is 3.42 Å². The average molecular weight is 291 g/mol. The summed E-state index contributed by atoms with van der Waals surface area (Å²) < 4.78 is 0.612. The molecule has 0 aromatic carbocycles. The molecule has 2 heteroatoms. The molecule has 0 saturated heterocycles. The molecule has 0 aliphatic heterocycles. The van der Waals surface area contributed by atoms with Gasteiger partial charge in [-0.1, -0.05) is 22.6 Å². The molecule has 2 N–H and O–H groups in total. The lowest BCUT2D eigenvalue weighted by molar-refractivity contribution is -0.00454. The fourth-order valence-electron chi connectivity index (χ4n) is 4.45. The second kappa shape index (κ2) is 2.84. The minimum atomic E-state index is 0.612. The smallest absolute Gasteiger partial charge is 0.0270 e. The van der Waals surface area contributed by atoms with Crippen molar-refractivity contribution in [2.75, 3.05) is 6.54 Å². The van der Waals surface area contributed by atoms with Crippen molar-refractivity contribution in [2.45, 2.75) is 35.5 Å². The molecular weight excluding hydrogens is 273 g/mol. The zero-order valence-electron chi connectivity index (χ0n) is 8.01. The number of alkyl halides is 1. The first-order valence-electron chi connectivity index (χ1n) is 5.60. The van der Waals surface area contributed by atoms with Crippen LogP contribution in [0.2, 0.25) is 0 Å². The maximum atomic E-state index is 5.93. The fraction of sp³-hybridized carbons (Fsp3) is 1.00. The van der Waals surface area contributed by atoms with E-state index >= 15 is 0 Å². The lowest BCUT2D eigenvalue weighted by atomic mass is 9.52. The molecule has 4 bridgehead atoms. The van der Waals surface area contributed by atoms with Crippen LogP contribution in [0.4, 0.5) is 0 Å². The van der Waals surface area contributed by atoms with Crippen LogP contribution in [0.3, 0.4) is 0 Å². The van der Waals surface area contributed by atoms with Crippen LogP contribution in [-0.2, 0) is 0 Å². The van der Waals surface area contributed by atoms with E-state index in [4.69, 9.17) is 5.73 Å². The molecule has 0 heterocycles. The van der Waals surface area contributed by atoms with E-state index < -0.39 is 0 Å². The van der Waals surface area contributed by atoms with Crippen LogP contribution >= 0.6 is 22.6 Å². The van der Waals surface area contributed by atoms with Crippen molar-refractivity contribution in [3.8, 4) is 0 Å². The third-order valence-electron chi connectivity index (χ3n) is 4.68. The number of hydrogen-bond acceptors (Lipinski definition) is 1. The summed E-state index contributed by atoms with van der Waals surface area (Å²) in [6, 6.07) is 0. The molecule has 0 radical (unpaired) electrons. The van der Waals surface area contributed by atoms with Crippen LogP contribution < -0.4 is 5.73 Å². The number of halogens is 1. The Morgan fingerprint density at radius 1 is 1.15 bits per heavy atom. The zero-order chi connectivity index (χ0) is 9.05. The molecule has 4 fully saturated rings. The van der Waals surface area contributed by atoms with Gasteiger partial charge >= 0.3 is 0 Å². The third kappa shape index (κ3) is 1.21. The molecule has 0 spiro atoms. The highest BCUT2D eigenvalue weighted by atomic mass is 127. The molecule has 0 aromatic rings. The topological polar surface area (TPSA) is 26.0 Å². The summed E-state index contributed by atoms with van der Waals surface area (Å²) in [5.74, 6) is 3.98. The van der Waals surface area contributed by atoms with E-state index in [9.17, 15) is 0 Å². The van der Waals surface area contributed by atoms with Crippen LogP contribution in [0.25, 0.3) is 0 Å². The van der Waals surface area contributed by atoms with Gasteiger partial charge in [0.05, 0.1) is 0 Å². The normalized spacial score (nSPS) is 58.6. The Bertz CT molecular complexity index is 214. The van der Waals surface area contributed by atoms with E-state index in [1.54, 1.807) is 6.42 Å².